The van der Waals surface area contributed by atoms with Crippen molar-refractivity contribution in [2.75, 3.05) is 13.2 Å². The number of aromatic nitrogens is 4. The fraction of sp³-hybridized carbons (Fsp3) is 0.647. The monoisotopic (exact) mass is 331 g/mol. The number of carbonyl (C=O) groups excluding carboxylic acids is 1. The number of piperidine rings is 1. The van der Waals surface area contributed by atoms with Crippen LogP contribution >= 0.6 is 0 Å². The number of aliphatic hydroxyl groups excluding tert-OH is 1. The predicted molar refractivity (Wildman–Crippen MR) is 89.6 cm³/mol. The fourth-order valence-electron chi connectivity index (χ4n) is 3.67. The van der Waals surface area contributed by atoms with Gasteiger partial charge in [-0.1, -0.05) is 0 Å². The maximum atomic E-state index is 12.7. The van der Waals surface area contributed by atoms with E-state index in [4.69, 9.17) is 0 Å². The van der Waals surface area contributed by atoms with Gasteiger partial charge in [0, 0.05) is 37.0 Å². The number of aliphatic hydroxyl groups is 1. The lowest BCUT2D eigenvalue weighted by Crippen LogP contribution is -2.44. The van der Waals surface area contributed by atoms with Crippen molar-refractivity contribution < 1.29 is 9.90 Å². The first kappa shape index (κ1) is 16.8. The summed E-state index contributed by atoms with van der Waals surface area (Å²) in [5.41, 5.74) is 2.97. The maximum absolute atomic E-state index is 12.7. The predicted octanol–water partition coefficient (Wildman–Crippen LogP) is 1.44. The van der Waals surface area contributed by atoms with E-state index in [0.29, 0.717) is 25.0 Å². The second kappa shape index (κ2) is 7.25. The van der Waals surface area contributed by atoms with Crippen LogP contribution in [0.1, 0.15) is 49.1 Å². The van der Waals surface area contributed by atoms with Crippen LogP contribution < -0.4 is 0 Å². The Labute approximate surface area is 141 Å². The van der Waals surface area contributed by atoms with Crippen LogP contribution in [0.25, 0.3) is 5.78 Å². The normalized spacial score (nSPS) is 18.3. The van der Waals surface area contributed by atoms with E-state index in [2.05, 4.69) is 15.1 Å². The summed E-state index contributed by atoms with van der Waals surface area (Å²) in [6, 6.07) is 0.189. The smallest absolute Gasteiger partial charge is 0.252 e. The number of likely N-dealkylation sites (tertiary alicyclic amines) is 1. The Morgan fingerprint density at radius 3 is 3.00 bits per heavy atom. The zero-order chi connectivity index (χ0) is 17.1. The topological polar surface area (TPSA) is 83.6 Å². The van der Waals surface area contributed by atoms with Gasteiger partial charge in [0.1, 0.15) is 6.33 Å². The Bertz CT molecular complexity index is 725. The van der Waals surface area contributed by atoms with E-state index in [1.165, 1.54) is 6.33 Å². The zero-order valence-electron chi connectivity index (χ0n) is 14.4. The lowest BCUT2D eigenvalue weighted by molar-refractivity contribution is -0.135. The molecule has 1 aliphatic heterocycles. The van der Waals surface area contributed by atoms with Crippen molar-refractivity contribution in [2.24, 2.45) is 0 Å². The molecule has 0 radical (unpaired) electrons. The molecule has 7 heteroatoms. The molecule has 1 amide bonds. The number of hydrogen-bond acceptors (Lipinski definition) is 5. The molecule has 1 unspecified atom stereocenters. The Hall–Kier alpha value is -2.02. The average Bonchev–Trinajstić information content (AvgIpc) is 3.03. The zero-order valence-corrected chi connectivity index (χ0v) is 14.4. The summed E-state index contributed by atoms with van der Waals surface area (Å²) in [6.45, 7) is 4.89. The minimum atomic E-state index is 0.138. The summed E-state index contributed by atoms with van der Waals surface area (Å²) in [7, 11) is 0. The van der Waals surface area contributed by atoms with Gasteiger partial charge in [-0.05, 0) is 51.5 Å². The van der Waals surface area contributed by atoms with Crippen LogP contribution in [-0.4, -0.2) is 54.7 Å². The summed E-state index contributed by atoms with van der Waals surface area (Å²) >= 11 is 0. The van der Waals surface area contributed by atoms with Gasteiger partial charge in [0.25, 0.3) is 5.78 Å². The van der Waals surface area contributed by atoms with E-state index in [1.807, 2.05) is 18.7 Å². The van der Waals surface area contributed by atoms with Gasteiger partial charge < -0.3 is 10.0 Å². The van der Waals surface area contributed by atoms with Crippen molar-refractivity contribution in [3.8, 4) is 0 Å². The number of fused-ring (bicyclic) bond motifs is 1. The number of amides is 1. The highest BCUT2D eigenvalue weighted by molar-refractivity contribution is 5.77. The molecule has 1 atom stereocenters. The molecule has 7 nitrogen and oxygen atoms in total. The van der Waals surface area contributed by atoms with E-state index in [1.54, 1.807) is 4.52 Å². The maximum Gasteiger partial charge on any atom is 0.252 e. The van der Waals surface area contributed by atoms with E-state index in [9.17, 15) is 9.90 Å². The third-order valence-corrected chi connectivity index (χ3v) is 4.99. The largest absolute Gasteiger partial charge is 0.396 e. The molecule has 24 heavy (non-hydrogen) atoms. The van der Waals surface area contributed by atoms with Crippen molar-refractivity contribution in [2.45, 2.75) is 58.4 Å². The van der Waals surface area contributed by atoms with Crippen LogP contribution in [0.2, 0.25) is 0 Å². The Morgan fingerprint density at radius 1 is 1.38 bits per heavy atom. The quantitative estimate of drug-likeness (QED) is 0.896. The Kier molecular flexibility index (Phi) is 5.08. The van der Waals surface area contributed by atoms with Crippen LogP contribution in [0.4, 0.5) is 0 Å². The molecule has 0 bridgehead atoms. The van der Waals surface area contributed by atoms with Gasteiger partial charge in [0.05, 0.1) is 0 Å². The van der Waals surface area contributed by atoms with Gasteiger partial charge in [0.2, 0.25) is 5.91 Å². The van der Waals surface area contributed by atoms with Gasteiger partial charge >= 0.3 is 0 Å². The van der Waals surface area contributed by atoms with E-state index in [0.717, 1.165) is 42.8 Å². The molecule has 2 aromatic heterocycles. The summed E-state index contributed by atoms with van der Waals surface area (Å²) < 4.78 is 1.72. The summed E-state index contributed by atoms with van der Waals surface area (Å²) in [6.07, 6.45) is 6.48. The third kappa shape index (κ3) is 3.26. The number of carbonyl (C=O) groups is 1. The molecule has 0 aliphatic carbocycles. The number of aryl methyl sites for hydroxylation is 2. The van der Waals surface area contributed by atoms with Crippen molar-refractivity contribution in [3.05, 3.63) is 23.3 Å². The molecule has 0 saturated carbocycles. The summed E-state index contributed by atoms with van der Waals surface area (Å²) in [5, 5.41) is 13.4. The minimum Gasteiger partial charge on any atom is -0.396 e. The van der Waals surface area contributed by atoms with Crippen LogP contribution in [0.15, 0.2) is 6.33 Å². The molecular weight excluding hydrogens is 306 g/mol. The molecule has 1 fully saturated rings. The Balaban J connectivity index is 1.72. The van der Waals surface area contributed by atoms with Crippen molar-refractivity contribution in [1.82, 2.24) is 24.5 Å². The van der Waals surface area contributed by atoms with Crippen molar-refractivity contribution in [3.63, 3.8) is 0 Å². The standard InChI is InChI=1S/C17H25N5O2/c1-12-15(13(2)22-17(20-12)18-11-19-22)6-7-16(24)21-9-4-3-5-14(21)8-10-23/h11,14,23H,3-10H2,1-2H3. The lowest BCUT2D eigenvalue weighted by atomic mass is 9.98. The minimum absolute atomic E-state index is 0.138. The summed E-state index contributed by atoms with van der Waals surface area (Å²) in [5.74, 6) is 0.768. The van der Waals surface area contributed by atoms with Crippen LogP contribution in [-0.2, 0) is 11.2 Å². The molecule has 1 saturated heterocycles. The SMILES string of the molecule is Cc1nc2ncnn2c(C)c1CCC(=O)N1CCCCC1CCO. The van der Waals surface area contributed by atoms with Crippen molar-refractivity contribution >= 4 is 11.7 Å². The fourth-order valence-corrected chi connectivity index (χ4v) is 3.67. The van der Waals surface area contributed by atoms with Gasteiger partial charge in [-0.15, -0.1) is 0 Å². The second-order valence-corrected chi connectivity index (χ2v) is 6.48. The first-order valence-electron chi connectivity index (χ1n) is 8.68. The van der Waals surface area contributed by atoms with Crippen LogP contribution in [0, 0.1) is 13.8 Å². The van der Waals surface area contributed by atoms with E-state index >= 15 is 0 Å². The van der Waals surface area contributed by atoms with Gasteiger partial charge in [-0.25, -0.2) is 9.50 Å². The molecule has 3 heterocycles. The van der Waals surface area contributed by atoms with E-state index < -0.39 is 0 Å². The highest BCUT2D eigenvalue weighted by atomic mass is 16.3. The van der Waals surface area contributed by atoms with Gasteiger partial charge in [-0.2, -0.15) is 10.1 Å². The lowest BCUT2D eigenvalue weighted by Gasteiger charge is -2.35. The molecule has 130 valence electrons. The number of hydrogen-bond donors (Lipinski definition) is 1. The number of rotatable bonds is 5. The summed E-state index contributed by atoms with van der Waals surface area (Å²) in [4.78, 5) is 23.2. The Morgan fingerprint density at radius 2 is 2.21 bits per heavy atom. The molecule has 1 N–H and O–H groups in total. The molecular formula is C17H25N5O2. The van der Waals surface area contributed by atoms with Gasteiger partial charge in [0.15, 0.2) is 0 Å². The average molecular weight is 331 g/mol. The van der Waals surface area contributed by atoms with Gasteiger partial charge in [-0.3, -0.25) is 4.79 Å². The molecule has 3 rings (SSSR count). The second-order valence-electron chi connectivity index (χ2n) is 6.48. The molecule has 2 aromatic rings. The van der Waals surface area contributed by atoms with Crippen molar-refractivity contribution in [1.29, 1.82) is 0 Å². The first-order chi connectivity index (χ1) is 11.6. The molecule has 0 aromatic carbocycles. The highest BCUT2D eigenvalue weighted by Crippen LogP contribution is 2.22. The number of nitrogens with zero attached hydrogens (tertiary/aromatic N) is 5. The highest BCUT2D eigenvalue weighted by Gasteiger charge is 2.26. The van der Waals surface area contributed by atoms with E-state index in [-0.39, 0.29) is 18.6 Å². The first-order valence-corrected chi connectivity index (χ1v) is 8.68. The third-order valence-electron chi connectivity index (χ3n) is 4.99. The molecule has 0 spiro atoms. The van der Waals surface area contributed by atoms with Crippen LogP contribution in [0.3, 0.4) is 0 Å². The van der Waals surface area contributed by atoms with Crippen LogP contribution in [0.5, 0.6) is 0 Å². The molecule has 1 aliphatic rings.